The topological polar surface area (TPSA) is 101 Å². The second-order valence-electron chi connectivity index (χ2n) is 13.7. The highest BCUT2D eigenvalue weighted by Crippen LogP contribution is 2.62. The third-order valence-corrected chi connectivity index (χ3v) is 12.6. The minimum Gasteiger partial charge on any atom is -0.393 e. The Balaban J connectivity index is 1.22. The maximum atomic E-state index is 13.0. The van der Waals surface area contributed by atoms with Gasteiger partial charge in [-0.3, -0.25) is 8.76 Å². The van der Waals surface area contributed by atoms with Crippen molar-refractivity contribution in [2.45, 2.75) is 127 Å². The number of fused-ring (bicyclic) bond motifs is 5. The molecule has 6 nitrogen and oxygen atoms in total. The minimum absolute atomic E-state index is 0.0806. The summed E-state index contributed by atoms with van der Waals surface area (Å²) in [5, 5.41) is 10.9. The molecule has 45 heavy (non-hydrogen) atoms. The van der Waals surface area contributed by atoms with E-state index in [4.69, 9.17) is 8.74 Å². The second-order valence-corrected chi connectivity index (χ2v) is 16.4. The number of hydrogen-bond acceptors (Lipinski definition) is 5. The Morgan fingerprint density at radius 1 is 0.956 bits per heavy atom. The van der Waals surface area contributed by atoms with Crippen LogP contribution in [0.3, 0.4) is 0 Å². The van der Waals surface area contributed by atoms with Gasteiger partial charge in [0.25, 0.3) is 0 Å². The predicted octanol–water partition coefficient (Wildman–Crippen LogP) is 8.16. The quantitative estimate of drug-likeness (QED) is 0.103. The largest absolute Gasteiger partial charge is 0.453 e. The molecule has 3 aliphatic carbocycles. The van der Waals surface area contributed by atoms with Crippen molar-refractivity contribution in [1.29, 1.82) is 0 Å². The molecule has 7 atom stereocenters. The zero-order chi connectivity index (χ0) is 33.0. The van der Waals surface area contributed by atoms with Gasteiger partial charge in [-0.05, 0) is 104 Å². The van der Waals surface area contributed by atoms with Gasteiger partial charge in [-0.25, -0.2) is 0 Å². The van der Waals surface area contributed by atoms with E-state index in [2.05, 4.69) is 6.92 Å². The van der Waals surface area contributed by atoms with Crippen LogP contribution in [0.4, 0.5) is 22.0 Å². The summed E-state index contributed by atoms with van der Waals surface area (Å²) >= 11 is 0. The van der Waals surface area contributed by atoms with Crippen LogP contribution in [0.25, 0.3) is 0 Å². The number of hydrogen-bond donors (Lipinski definition) is 2. The Bertz CT molecular complexity index is 1270. The van der Waals surface area contributed by atoms with Crippen LogP contribution in [0.2, 0.25) is 0 Å². The lowest BCUT2D eigenvalue weighted by atomic mass is 9.52. The van der Waals surface area contributed by atoms with Crippen LogP contribution in [-0.2, 0) is 27.6 Å². The average molecular weight is 687 g/mol. The lowest BCUT2D eigenvalue weighted by Gasteiger charge is -2.53. The van der Waals surface area contributed by atoms with E-state index >= 15 is 0 Å². The van der Waals surface area contributed by atoms with E-state index in [0.717, 1.165) is 82.6 Å². The van der Waals surface area contributed by atoms with E-state index in [-0.39, 0.29) is 23.0 Å². The molecule has 1 aromatic rings. The molecule has 0 heterocycles. The van der Waals surface area contributed by atoms with Crippen LogP contribution in [0.5, 0.6) is 5.75 Å². The van der Waals surface area contributed by atoms with Gasteiger partial charge < -0.3 is 9.29 Å². The van der Waals surface area contributed by atoms with Gasteiger partial charge in [-0.15, -0.1) is 0 Å². The summed E-state index contributed by atoms with van der Waals surface area (Å²) in [4.78, 5) is 0. The number of alkyl halides is 5. The fourth-order valence-electron chi connectivity index (χ4n) is 8.45. The van der Waals surface area contributed by atoms with Crippen molar-refractivity contribution >= 4 is 21.2 Å². The Morgan fingerprint density at radius 2 is 1.60 bits per heavy atom. The molecule has 0 aromatic heterocycles. The summed E-state index contributed by atoms with van der Waals surface area (Å²) in [5.41, 5.74) is 2.21. The van der Waals surface area contributed by atoms with Gasteiger partial charge in [-0.1, -0.05) is 51.5 Å². The molecule has 2 fully saturated rings. The summed E-state index contributed by atoms with van der Waals surface area (Å²) < 4.78 is 111. The molecule has 0 unspecified atom stereocenters. The highest BCUT2D eigenvalue weighted by molar-refractivity contribution is 7.84. The first-order valence-corrected chi connectivity index (χ1v) is 19.1. The molecule has 1 aromatic carbocycles. The summed E-state index contributed by atoms with van der Waals surface area (Å²) in [5.74, 6) is -2.84. The predicted molar refractivity (Wildman–Crippen MR) is 163 cm³/mol. The Labute approximate surface area is 266 Å². The van der Waals surface area contributed by atoms with Crippen molar-refractivity contribution in [2.75, 3.05) is 11.5 Å². The molecular weight excluding hydrogens is 639 g/mol. The molecule has 0 bridgehead atoms. The normalized spacial score (nSPS) is 29.1. The number of benzene rings is 1. The molecule has 2 saturated carbocycles. The Morgan fingerprint density at radius 3 is 2.27 bits per heavy atom. The van der Waals surface area contributed by atoms with Gasteiger partial charge in [0.2, 0.25) is 0 Å². The van der Waals surface area contributed by atoms with E-state index in [1.807, 2.05) is 6.07 Å². The molecule has 0 spiro atoms. The number of aliphatic hydroxyl groups is 1. The fraction of sp³-hybridized carbons (Fsp3) is 0.812. The smallest absolute Gasteiger partial charge is 0.393 e. The van der Waals surface area contributed by atoms with E-state index in [1.54, 1.807) is 12.1 Å². The maximum absolute atomic E-state index is 13.0. The van der Waals surface area contributed by atoms with Crippen molar-refractivity contribution in [1.82, 2.24) is 0 Å². The molecular formula is C32H47F5O6S2. The highest BCUT2D eigenvalue weighted by atomic mass is 32.3. The van der Waals surface area contributed by atoms with Crippen LogP contribution in [0, 0.1) is 23.2 Å². The molecule has 2 N–H and O–H groups in total. The highest BCUT2D eigenvalue weighted by Gasteiger charge is 2.57. The first-order chi connectivity index (χ1) is 21.0. The Kier molecular flexibility index (Phi) is 12.1. The summed E-state index contributed by atoms with van der Waals surface area (Å²) in [6, 6.07) is 5.30. The molecule has 258 valence electrons. The van der Waals surface area contributed by atoms with Gasteiger partial charge in [0, 0.05) is 28.7 Å². The van der Waals surface area contributed by atoms with Crippen molar-refractivity contribution in [3.63, 3.8) is 0 Å². The van der Waals surface area contributed by atoms with E-state index in [0.29, 0.717) is 35.8 Å². The number of unbranched alkanes of at least 4 members (excludes halogenated alkanes) is 6. The number of rotatable bonds is 16. The summed E-state index contributed by atoms with van der Waals surface area (Å²) in [6.07, 6.45) is 4.57. The van der Waals surface area contributed by atoms with Crippen molar-refractivity contribution in [3.8, 4) is 5.75 Å². The van der Waals surface area contributed by atoms with Gasteiger partial charge in [0.15, 0.2) is 0 Å². The number of aliphatic hydroxyl groups excluding tert-OH is 1. The Hall–Kier alpha value is -1.31. The standard InChI is InChI=1S/C32H47F5O6S2/c1-30-17-15-26-25-12-11-24(43-45(40,41)42)21-23(25)20-22(29(26)27(30)13-14-28(30)38)10-7-5-3-2-4-6-8-18-44(39)19-9-16-31(33,34)32(35,36)37/h11-12,21-22,26-29,38H,2-10,13-20H2,1H3,(H,40,41,42)/t22-,26-,27+,28+,29-,30+,44+/m1/s1. The molecule has 0 radical (unpaired) electrons. The van der Waals surface area contributed by atoms with Crippen LogP contribution < -0.4 is 4.18 Å². The average Bonchev–Trinajstić information content (AvgIpc) is 3.24. The first kappa shape index (κ1) is 36.5. The molecule has 3 aliphatic rings. The molecule has 0 saturated heterocycles. The third-order valence-electron chi connectivity index (χ3n) is 10.7. The lowest BCUT2D eigenvalue weighted by molar-refractivity contribution is -0.284. The zero-order valence-electron chi connectivity index (χ0n) is 25.9. The molecule has 0 aliphatic heterocycles. The van der Waals surface area contributed by atoms with Gasteiger partial charge in [-0.2, -0.15) is 30.4 Å². The monoisotopic (exact) mass is 686 g/mol. The van der Waals surface area contributed by atoms with Crippen LogP contribution >= 0.6 is 0 Å². The second kappa shape index (κ2) is 14.8. The van der Waals surface area contributed by atoms with Crippen molar-refractivity contribution in [2.24, 2.45) is 23.2 Å². The fourth-order valence-corrected chi connectivity index (χ4v) is 9.99. The summed E-state index contributed by atoms with van der Waals surface area (Å²) in [7, 11) is -6.01. The van der Waals surface area contributed by atoms with Crippen LogP contribution in [0.15, 0.2) is 18.2 Å². The molecule has 4 rings (SSSR count). The minimum atomic E-state index is -5.57. The molecule has 0 amide bonds. The maximum Gasteiger partial charge on any atom is 0.453 e. The lowest BCUT2D eigenvalue weighted by Crippen LogP contribution is -2.47. The van der Waals surface area contributed by atoms with E-state index < -0.39 is 46.1 Å². The van der Waals surface area contributed by atoms with E-state index in [9.17, 15) is 39.7 Å². The molecule has 13 heteroatoms. The van der Waals surface area contributed by atoms with E-state index in [1.165, 1.54) is 5.56 Å². The zero-order valence-corrected chi connectivity index (χ0v) is 27.5. The van der Waals surface area contributed by atoms with Crippen molar-refractivity contribution < 1.29 is 48.4 Å². The van der Waals surface area contributed by atoms with Crippen LogP contribution in [0.1, 0.15) is 114 Å². The summed E-state index contributed by atoms with van der Waals surface area (Å²) in [6.45, 7) is 2.24. The van der Waals surface area contributed by atoms with Crippen LogP contribution in [-0.4, -0.2) is 52.0 Å². The van der Waals surface area contributed by atoms with Gasteiger partial charge in [0.05, 0.1) is 6.10 Å². The third kappa shape index (κ3) is 9.19. The number of halogens is 5. The first-order valence-electron chi connectivity index (χ1n) is 16.3. The van der Waals surface area contributed by atoms with Gasteiger partial charge >= 0.3 is 22.5 Å². The SMILES string of the molecule is C[C@]12CC[C@@H]3c4ccc(OS(=O)(=O)O)cc4C[C@@H](CCCCCCCCC[S@](=O)CCCC(F)(F)C(F)(F)F)[C@H]3[C@@H]1CC[C@@H]2O. The van der Waals surface area contributed by atoms with Crippen molar-refractivity contribution in [3.05, 3.63) is 29.3 Å². The van der Waals surface area contributed by atoms with Gasteiger partial charge in [0.1, 0.15) is 5.75 Å².